The Hall–Kier alpha value is -3.36. The quantitative estimate of drug-likeness (QED) is 0.720. The van der Waals surface area contributed by atoms with Crippen LogP contribution < -0.4 is 10.2 Å². The van der Waals surface area contributed by atoms with Crippen LogP contribution in [-0.2, 0) is 11.3 Å². The Morgan fingerprint density at radius 1 is 1.19 bits per heavy atom. The maximum atomic E-state index is 12.5. The van der Waals surface area contributed by atoms with Gasteiger partial charge in [-0.25, -0.2) is 9.67 Å². The molecule has 1 amide bonds. The first-order valence-electron chi connectivity index (χ1n) is 8.91. The average molecular weight is 364 g/mol. The molecule has 1 atom stereocenters. The Kier molecular flexibility index (Phi) is 4.99. The molecule has 0 saturated carbocycles. The number of nitrogens with one attached hydrogen (secondary N) is 1. The van der Waals surface area contributed by atoms with Gasteiger partial charge < -0.3 is 10.2 Å². The number of piperidine rings is 1. The van der Waals surface area contributed by atoms with Crippen molar-refractivity contribution in [3.8, 4) is 5.82 Å². The lowest BCUT2D eigenvalue weighted by Gasteiger charge is -2.32. The number of nitrogens with zero attached hydrogens (tertiary/aromatic N) is 7. The van der Waals surface area contributed by atoms with Crippen LogP contribution in [0, 0.1) is 5.92 Å². The predicted octanol–water partition coefficient (Wildman–Crippen LogP) is 0.985. The van der Waals surface area contributed by atoms with Crippen LogP contribution in [0.5, 0.6) is 0 Å². The summed E-state index contributed by atoms with van der Waals surface area (Å²) in [7, 11) is 0. The highest BCUT2D eigenvalue weighted by Gasteiger charge is 2.26. The molecule has 0 spiro atoms. The first-order valence-corrected chi connectivity index (χ1v) is 8.91. The van der Waals surface area contributed by atoms with Gasteiger partial charge in [0.05, 0.1) is 18.2 Å². The molecule has 1 N–H and O–H groups in total. The third-order valence-electron chi connectivity index (χ3n) is 4.58. The molecule has 1 saturated heterocycles. The van der Waals surface area contributed by atoms with Gasteiger partial charge in [-0.2, -0.15) is 5.10 Å². The molecule has 0 aromatic carbocycles. The number of rotatable bonds is 5. The third-order valence-corrected chi connectivity index (χ3v) is 4.58. The molecular weight excluding hydrogens is 344 g/mol. The van der Waals surface area contributed by atoms with Gasteiger partial charge in [-0.3, -0.25) is 9.78 Å². The minimum Gasteiger partial charge on any atom is -0.354 e. The molecule has 27 heavy (non-hydrogen) atoms. The third kappa shape index (κ3) is 4.08. The molecule has 0 bridgehead atoms. The summed E-state index contributed by atoms with van der Waals surface area (Å²) < 4.78 is 1.56. The van der Waals surface area contributed by atoms with Gasteiger partial charge >= 0.3 is 0 Å². The second-order valence-corrected chi connectivity index (χ2v) is 6.41. The number of hydrogen-bond acceptors (Lipinski definition) is 7. The molecule has 9 nitrogen and oxygen atoms in total. The summed E-state index contributed by atoms with van der Waals surface area (Å²) in [4.78, 5) is 22.8. The van der Waals surface area contributed by atoms with Crippen molar-refractivity contribution in [1.29, 1.82) is 0 Å². The van der Waals surface area contributed by atoms with E-state index in [9.17, 15) is 4.79 Å². The van der Waals surface area contributed by atoms with Gasteiger partial charge in [-0.05, 0) is 37.1 Å². The fourth-order valence-electron chi connectivity index (χ4n) is 3.16. The number of aromatic nitrogens is 6. The highest BCUT2D eigenvalue weighted by atomic mass is 16.1. The number of carbonyl (C=O) groups is 1. The van der Waals surface area contributed by atoms with Gasteiger partial charge in [0, 0.05) is 19.3 Å². The van der Waals surface area contributed by atoms with Gasteiger partial charge in [0.25, 0.3) is 0 Å². The average Bonchev–Trinajstić information content (AvgIpc) is 3.28. The van der Waals surface area contributed by atoms with Crippen LogP contribution in [0.3, 0.4) is 0 Å². The summed E-state index contributed by atoms with van der Waals surface area (Å²) in [6.07, 6.45) is 6.57. The van der Waals surface area contributed by atoms with Crippen molar-refractivity contribution in [2.24, 2.45) is 5.92 Å². The summed E-state index contributed by atoms with van der Waals surface area (Å²) in [6, 6.07) is 9.43. The number of carbonyl (C=O) groups excluding carboxylic acids is 1. The second kappa shape index (κ2) is 7.90. The molecule has 3 aromatic heterocycles. The molecule has 0 unspecified atom stereocenters. The fraction of sp³-hybridized carbons (Fsp3) is 0.333. The molecule has 1 aliphatic heterocycles. The van der Waals surface area contributed by atoms with E-state index in [1.54, 1.807) is 17.2 Å². The fourth-order valence-corrected chi connectivity index (χ4v) is 3.16. The first-order chi connectivity index (χ1) is 13.3. The molecule has 4 heterocycles. The minimum absolute atomic E-state index is 0.0533. The molecule has 1 fully saturated rings. The topological polar surface area (TPSA) is 102 Å². The van der Waals surface area contributed by atoms with Crippen LogP contribution >= 0.6 is 0 Å². The van der Waals surface area contributed by atoms with E-state index < -0.39 is 0 Å². The molecular formula is C18H20N8O. The molecule has 4 rings (SSSR count). The maximum absolute atomic E-state index is 12.5. The zero-order valence-electron chi connectivity index (χ0n) is 14.8. The highest BCUT2D eigenvalue weighted by molar-refractivity contribution is 5.79. The molecule has 9 heteroatoms. The van der Waals surface area contributed by atoms with Gasteiger partial charge in [-0.1, -0.05) is 6.07 Å². The first kappa shape index (κ1) is 17.1. The van der Waals surface area contributed by atoms with Crippen LogP contribution in [0.15, 0.2) is 49.2 Å². The Morgan fingerprint density at radius 3 is 2.81 bits per heavy atom. The van der Waals surface area contributed by atoms with Crippen LogP contribution in [0.25, 0.3) is 5.82 Å². The van der Waals surface area contributed by atoms with E-state index in [0.29, 0.717) is 18.9 Å². The lowest BCUT2D eigenvalue weighted by molar-refractivity contribution is -0.125. The number of hydrogen-bond donors (Lipinski definition) is 1. The molecule has 1 aliphatic rings. The summed E-state index contributed by atoms with van der Waals surface area (Å²) in [5, 5.41) is 15.5. The standard InChI is InChI=1S/C18H20N8O/c27-18(21-10-15-5-1-2-8-20-15)14-4-3-9-25(11-14)16-6-7-17(24-23-16)26-13-19-12-22-26/h1-2,5-8,12-14H,3-4,9-11H2,(H,21,27)/t14-/m0/s1. The van der Waals surface area contributed by atoms with Crippen LogP contribution in [0.4, 0.5) is 5.82 Å². The molecule has 3 aromatic rings. The normalized spacial score (nSPS) is 16.9. The summed E-state index contributed by atoms with van der Waals surface area (Å²) in [6.45, 7) is 1.94. The van der Waals surface area contributed by atoms with Crippen molar-refractivity contribution in [3.63, 3.8) is 0 Å². The van der Waals surface area contributed by atoms with E-state index in [1.807, 2.05) is 30.3 Å². The largest absolute Gasteiger partial charge is 0.354 e. The van der Waals surface area contributed by atoms with E-state index in [4.69, 9.17) is 0 Å². The Morgan fingerprint density at radius 2 is 2.07 bits per heavy atom. The number of pyridine rings is 1. The van der Waals surface area contributed by atoms with Crippen LogP contribution in [0.2, 0.25) is 0 Å². The van der Waals surface area contributed by atoms with Crippen molar-refractivity contribution in [1.82, 2.24) is 35.3 Å². The Balaban J connectivity index is 1.36. The summed E-state index contributed by atoms with van der Waals surface area (Å²) in [5.74, 6) is 1.36. The van der Waals surface area contributed by atoms with E-state index in [-0.39, 0.29) is 11.8 Å². The van der Waals surface area contributed by atoms with Crippen LogP contribution in [-0.4, -0.2) is 48.9 Å². The minimum atomic E-state index is -0.0701. The van der Waals surface area contributed by atoms with Crippen molar-refractivity contribution < 1.29 is 4.79 Å². The molecule has 0 radical (unpaired) electrons. The van der Waals surface area contributed by atoms with E-state index in [1.165, 1.54) is 6.33 Å². The van der Waals surface area contributed by atoms with E-state index in [2.05, 4.69) is 35.5 Å². The summed E-state index contributed by atoms with van der Waals surface area (Å²) in [5.41, 5.74) is 0.855. The molecule has 138 valence electrons. The lowest BCUT2D eigenvalue weighted by Crippen LogP contribution is -2.43. The zero-order chi connectivity index (χ0) is 18.5. The number of amides is 1. The monoisotopic (exact) mass is 364 g/mol. The van der Waals surface area contributed by atoms with Crippen molar-refractivity contribution in [3.05, 3.63) is 54.9 Å². The van der Waals surface area contributed by atoms with E-state index in [0.717, 1.165) is 30.9 Å². The molecule has 0 aliphatic carbocycles. The zero-order valence-corrected chi connectivity index (χ0v) is 14.8. The second-order valence-electron chi connectivity index (χ2n) is 6.41. The van der Waals surface area contributed by atoms with Gasteiger partial charge in [0.15, 0.2) is 11.6 Å². The van der Waals surface area contributed by atoms with Crippen molar-refractivity contribution >= 4 is 11.7 Å². The lowest BCUT2D eigenvalue weighted by atomic mass is 9.97. The van der Waals surface area contributed by atoms with Crippen LogP contribution in [0.1, 0.15) is 18.5 Å². The smallest absolute Gasteiger partial charge is 0.225 e. The highest BCUT2D eigenvalue weighted by Crippen LogP contribution is 2.21. The maximum Gasteiger partial charge on any atom is 0.225 e. The predicted molar refractivity (Wildman–Crippen MR) is 98.0 cm³/mol. The SMILES string of the molecule is O=C(NCc1ccccn1)[C@H]1CCCN(c2ccc(-n3cncn3)nn2)C1. The van der Waals surface area contributed by atoms with Gasteiger partial charge in [0.1, 0.15) is 12.7 Å². The summed E-state index contributed by atoms with van der Waals surface area (Å²) >= 11 is 0. The number of anilines is 1. The van der Waals surface area contributed by atoms with E-state index >= 15 is 0 Å². The Labute approximate surface area is 156 Å². The van der Waals surface area contributed by atoms with Crippen molar-refractivity contribution in [2.75, 3.05) is 18.0 Å². The van der Waals surface area contributed by atoms with Gasteiger partial charge in [0.2, 0.25) is 5.91 Å². The Bertz CT molecular complexity index is 866. The van der Waals surface area contributed by atoms with Crippen molar-refractivity contribution in [2.45, 2.75) is 19.4 Å². The van der Waals surface area contributed by atoms with Gasteiger partial charge in [-0.15, -0.1) is 10.2 Å².